The van der Waals surface area contributed by atoms with Crippen molar-refractivity contribution in [2.45, 2.75) is 25.4 Å². The smallest absolute Gasteiger partial charge is 0.125 e. The van der Waals surface area contributed by atoms with Crippen LogP contribution >= 0.6 is 0 Å². The molecule has 1 unspecified atom stereocenters. The SMILES string of the molecule is CN1c2cc(-c3cccc(-n4c5c(c6ccccc64)-c4ccccc4C5(C)C)c3)ccc2NC1c1ccccc1. The summed E-state index contributed by atoms with van der Waals surface area (Å²) < 4.78 is 2.50. The van der Waals surface area contributed by atoms with E-state index in [0.717, 1.165) is 0 Å². The second kappa shape index (κ2) is 8.37. The fourth-order valence-corrected chi connectivity index (χ4v) is 7.02. The Morgan fingerprint density at radius 1 is 0.700 bits per heavy atom. The largest absolute Gasteiger partial charge is 0.360 e. The molecule has 0 fully saturated rings. The topological polar surface area (TPSA) is 20.2 Å². The number of aromatic nitrogens is 1. The first-order chi connectivity index (χ1) is 19.5. The van der Waals surface area contributed by atoms with E-state index < -0.39 is 0 Å². The Hall–Kier alpha value is -4.76. The van der Waals surface area contributed by atoms with Crippen LogP contribution in [-0.4, -0.2) is 11.6 Å². The van der Waals surface area contributed by atoms with Crippen LogP contribution in [0.5, 0.6) is 0 Å². The van der Waals surface area contributed by atoms with Gasteiger partial charge in [-0.3, -0.25) is 0 Å². The van der Waals surface area contributed by atoms with Crippen LogP contribution in [0.4, 0.5) is 11.4 Å². The minimum atomic E-state index is -0.102. The number of anilines is 2. The van der Waals surface area contributed by atoms with Crippen LogP contribution in [0.1, 0.15) is 36.8 Å². The molecule has 40 heavy (non-hydrogen) atoms. The third-order valence-electron chi connectivity index (χ3n) is 8.95. The zero-order valence-corrected chi connectivity index (χ0v) is 23.0. The molecular weight excluding hydrogens is 486 g/mol. The molecule has 0 amide bonds. The van der Waals surface area contributed by atoms with Crippen molar-refractivity contribution in [2.24, 2.45) is 0 Å². The van der Waals surface area contributed by atoms with Crippen molar-refractivity contribution < 1.29 is 0 Å². The molecule has 6 aromatic rings. The Morgan fingerprint density at radius 3 is 2.33 bits per heavy atom. The first-order valence-electron chi connectivity index (χ1n) is 14.1. The maximum atomic E-state index is 3.70. The first kappa shape index (κ1) is 23.2. The highest BCUT2D eigenvalue weighted by Gasteiger charge is 2.40. The van der Waals surface area contributed by atoms with Crippen LogP contribution in [0.2, 0.25) is 0 Å². The van der Waals surface area contributed by atoms with Gasteiger partial charge in [0.25, 0.3) is 0 Å². The average Bonchev–Trinajstić information content (AvgIpc) is 3.60. The highest BCUT2D eigenvalue weighted by Crippen LogP contribution is 2.53. The number of nitrogens with one attached hydrogen (secondary N) is 1. The summed E-state index contributed by atoms with van der Waals surface area (Å²) in [4.78, 5) is 2.34. The summed E-state index contributed by atoms with van der Waals surface area (Å²) in [6, 6.07) is 44.2. The Morgan fingerprint density at radius 2 is 1.45 bits per heavy atom. The van der Waals surface area contributed by atoms with Gasteiger partial charge in [0.05, 0.1) is 16.9 Å². The van der Waals surface area contributed by atoms with E-state index in [-0.39, 0.29) is 11.6 Å². The Kier molecular flexibility index (Phi) is 4.84. The second-order valence-electron chi connectivity index (χ2n) is 11.6. The van der Waals surface area contributed by atoms with Crippen molar-refractivity contribution in [3.8, 4) is 27.9 Å². The summed E-state index contributed by atoms with van der Waals surface area (Å²) in [6.45, 7) is 4.73. The van der Waals surface area contributed by atoms with Gasteiger partial charge in [-0.2, -0.15) is 0 Å². The molecule has 2 aliphatic rings. The standard InChI is InChI=1S/C37H31N3/c1-37(2)30-18-9-7-16-28(30)34-29-17-8-10-19-32(29)40(35(34)37)27-15-11-14-25(22-27)26-20-21-31-33(23-26)39(3)36(38-31)24-12-5-4-6-13-24/h4-23,36,38H,1-3H3. The molecule has 1 N–H and O–H groups in total. The van der Waals surface area contributed by atoms with Crippen molar-refractivity contribution in [1.82, 2.24) is 4.57 Å². The van der Waals surface area contributed by atoms with Crippen LogP contribution < -0.4 is 10.2 Å². The second-order valence-corrected chi connectivity index (χ2v) is 11.6. The summed E-state index contributed by atoms with van der Waals surface area (Å²) >= 11 is 0. The van der Waals surface area contributed by atoms with E-state index in [9.17, 15) is 0 Å². The zero-order chi connectivity index (χ0) is 27.0. The van der Waals surface area contributed by atoms with E-state index >= 15 is 0 Å². The number of hydrogen-bond donors (Lipinski definition) is 1. The molecule has 3 nitrogen and oxygen atoms in total. The average molecular weight is 518 g/mol. The van der Waals surface area contributed by atoms with Crippen LogP contribution in [0.25, 0.3) is 38.8 Å². The molecule has 0 spiro atoms. The highest BCUT2D eigenvalue weighted by molar-refractivity contribution is 6.03. The number of fused-ring (bicyclic) bond motifs is 6. The molecule has 0 saturated heterocycles. The van der Waals surface area contributed by atoms with E-state index in [1.807, 2.05) is 0 Å². The molecule has 1 aliphatic carbocycles. The molecule has 3 heteroatoms. The number of hydrogen-bond acceptors (Lipinski definition) is 2. The molecule has 5 aromatic carbocycles. The number of rotatable bonds is 3. The summed E-state index contributed by atoms with van der Waals surface area (Å²) in [5.41, 5.74) is 14.0. The molecule has 1 aromatic heterocycles. The molecule has 194 valence electrons. The molecule has 0 radical (unpaired) electrons. The van der Waals surface area contributed by atoms with Gasteiger partial charge in [-0.05, 0) is 58.1 Å². The van der Waals surface area contributed by atoms with E-state index in [0.29, 0.717) is 0 Å². The first-order valence-corrected chi connectivity index (χ1v) is 14.1. The third kappa shape index (κ3) is 3.18. The lowest BCUT2D eigenvalue weighted by Crippen LogP contribution is -2.23. The summed E-state index contributed by atoms with van der Waals surface area (Å²) in [5.74, 6) is 0. The summed E-state index contributed by atoms with van der Waals surface area (Å²) in [6.07, 6.45) is 0.135. The maximum absolute atomic E-state index is 3.70. The van der Waals surface area contributed by atoms with Crippen LogP contribution in [0, 0.1) is 0 Å². The number of benzene rings is 5. The Labute approximate surface area is 235 Å². The van der Waals surface area contributed by atoms with Crippen molar-refractivity contribution in [3.05, 3.63) is 138 Å². The minimum absolute atomic E-state index is 0.102. The van der Waals surface area contributed by atoms with Gasteiger partial charge < -0.3 is 14.8 Å². The van der Waals surface area contributed by atoms with Crippen molar-refractivity contribution in [3.63, 3.8) is 0 Å². The fourth-order valence-electron chi connectivity index (χ4n) is 7.02. The maximum Gasteiger partial charge on any atom is 0.125 e. The predicted octanol–water partition coefficient (Wildman–Crippen LogP) is 9.16. The van der Waals surface area contributed by atoms with Crippen molar-refractivity contribution >= 4 is 22.3 Å². The van der Waals surface area contributed by atoms with E-state index in [4.69, 9.17) is 0 Å². The molecular formula is C37H31N3. The van der Waals surface area contributed by atoms with Gasteiger partial charge in [-0.25, -0.2) is 0 Å². The van der Waals surface area contributed by atoms with Gasteiger partial charge in [-0.15, -0.1) is 0 Å². The van der Waals surface area contributed by atoms with Crippen molar-refractivity contribution in [2.75, 3.05) is 17.3 Å². The highest BCUT2D eigenvalue weighted by atomic mass is 15.3. The van der Waals surface area contributed by atoms with E-state index in [1.165, 1.54) is 67.0 Å². The third-order valence-corrected chi connectivity index (χ3v) is 8.95. The molecule has 0 saturated carbocycles. The molecule has 1 aliphatic heterocycles. The lowest BCUT2D eigenvalue weighted by molar-refractivity contribution is 0.624. The predicted molar refractivity (Wildman–Crippen MR) is 167 cm³/mol. The van der Waals surface area contributed by atoms with Gasteiger partial charge in [0, 0.05) is 34.8 Å². The summed E-state index contributed by atoms with van der Waals surface area (Å²) in [7, 11) is 2.17. The van der Waals surface area contributed by atoms with E-state index in [2.05, 4.69) is 157 Å². The normalized spacial score (nSPS) is 16.5. The quantitative estimate of drug-likeness (QED) is 0.252. The van der Waals surface area contributed by atoms with E-state index in [1.54, 1.807) is 0 Å². The van der Waals surface area contributed by atoms with Gasteiger partial charge in [0.2, 0.25) is 0 Å². The van der Waals surface area contributed by atoms with Gasteiger partial charge in [0.15, 0.2) is 0 Å². The fraction of sp³-hybridized carbons (Fsp3) is 0.135. The van der Waals surface area contributed by atoms with Gasteiger partial charge in [0.1, 0.15) is 6.17 Å². The molecule has 8 rings (SSSR count). The minimum Gasteiger partial charge on any atom is -0.360 e. The van der Waals surface area contributed by atoms with Crippen molar-refractivity contribution in [1.29, 1.82) is 0 Å². The van der Waals surface area contributed by atoms with Crippen LogP contribution in [0.15, 0.2) is 121 Å². The van der Waals surface area contributed by atoms with Gasteiger partial charge >= 0.3 is 0 Å². The number of nitrogens with zero attached hydrogens (tertiary/aromatic N) is 2. The number of para-hydroxylation sites is 1. The Balaban J connectivity index is 1.26. The lowest BCUT2D eigenvalue weighted by atomic mass is 9.85. The van der Waals surface area contributed by atoms with Crippen LogP contribution in [0.3, 0.4) is 0 Å². The molecule has 2 heterocycles. The summed E-state index contributed by atoms with van der Waals surface area (Å²) in [5, 5.41) is 5.02. The molecule has 0 bridgehead atoms. The van der Waals surface area contributed by atoms with Crippen LogP contribution in [-0.2, 0) is 5.41 Å². The monoisotopic (exact) mass is 517 g/mol. The van der Waals surface area contributed by atoms with Gasteiger partial charge in [-0.1, -0.05) is 105 Å². The lowest BCUT2D eigenvalue weighted by Gasteiger charge is -2.25. The molecule has 1 atom stereocenters. The Bertz CT molecular complexity index is 1930. The zero-order valence-electron chi connectivity index (χ0n) is 23.0.